The molecular weight excluding hydrogens is 279 g/mol. The molecule has 2 aromatic rings. The summed E-state index contributed by atoms with van der Waals surface area (Å²) in [5.74, 6) is -0.566. The van der Waals surface area contributed by atoms with Gasteiger partial charge in [-0.2, -0.15) is 0 Å². The number of benzene rings is 1. The molecule has 106 valence electrons. The lowest BCUT2D eigenvalue weighted by molar-refractivity contribution is 0.470. The first-order valence-corrected chi connectivity index (χ1v) is 7.56. The Labute approximate surface area is 117 Å². The van der Waals surface area contributed by atoms with E-state index >= 15 is 0 Å². The molecule has 0 aliphatic carbocycles. The van der Waals surface area contributed by atoms with E-state index in [2.05, 4.69) is 4.98 Å². The summed E-state index contributed by atoms with van der Waals surface area (Å²) in [4.78, 5) is 4.10. The zero-order valence-corrected chi connectivity index (χ0v) is 11.8. The number of pyridine rings is 1. The van der Waals surface area contributed by atoms with Crippen molar-refractivity contribution in [2.24, 2.45) is 0 Å². The minimum absolute atomic E-state index is 0.0407. The van der Waals surface area contributed by atoms with Crippen molar-refractivity contribution >= 4 is 10.0 Å². The van der Waals surface area contributed by atoms with E-state index in [1.807, 2.05) is 12.1 Å². The molecule has 0 aliphatic rings. The van der Waals surface area contributed by atoms with E-state index in [9.17, 15) is 12.8 Å². The van der Waals surface area contributed by atoms with Crippen molar-refractivity contribution in [3.05, 3.63) is 60.2 Å². The van der Waals surface area contributed by atoms with Crippen LogP contribution >= 0.6 is 0 Å². The Kier molecular flexibility index (Phi) is 4.46. The van der Waals surface area contributed by atoms with Crippen LogP contribution < -0.4 is 0 Å². The highest BCUT2D eigenvalue weighted by atomic mass is 32.2. The molecule has 0 aliphatic heterocycles. The van der Waals surface area contributed by atoms with Crippen LogP contribution in [-0.4, -0.2) is 31.3 Å². The quantitative estimate of drug-likeness (QED) is 0.848. The average molecular weight is 294 g/mol. The van der Waals surface area contributed by atoms with Crippen molar-refractivity contribution in [2.45, 2.75) is 11.3 Å². The largest absolute Gasteiger partial charge is 0.261 e. The van der Waals surface area contributed by atoms with Gasteiger partial charge in [-0.3, -0.25) is 4.98 Å². The highest BCUT2D eigenvalue weighted by Crippen LogP contribution is 2.15. The number of nitrogens with zero attached hydrogens (tertiary/aromatic N) is 2. The lowest BCUT2D eigenvalue weighted by Gasteiger charge is -2.16. The fourth-order valence-electron chi connectivity index (χ4n) is 1.75. The van der Waals surface area contributed by atoms with Gasteiger partial charge in [-0.25, -0.2) is 17.1 Å². The summed E-state index contributed by atoms with van der Waals surface area (Å²) in [5.41, 5.74) is 0.814. The summed E-state index contributed by atoms with van der Waals surface area (Å²) in [6.07, 6.45) is 2.17. The fraction of sp³-hybridized carbons (Fsp3) is 0.214. The standard InChI is InChI=1S/C14H15FN2O2S/c1-17(10-8-13-6-2-3-9-16-13)20(18,19)14-7-4-5-12(15)11-14/h2-7,9,11H,8,10H2,1H3. The first-order valence-electron chi connectivity index (χ1n) is 6.12. The molecule has 20 heavy (non-hydrogen) atoms. The van der Waals surface area contributed by atoms with Crippen LogP contribution in [0.4, 0.5) is 4.39 Å². The Balaban J connectivity index is 2.10. The summed E-state index contributed by atoms with van der Waals surface area (Å²) < 4.78 is 38.8. The molecule has 4 nitrogen and oxygen atoms in total. The molecule has 0 fully saturated rings. The van der Waals surface area contributed by atoms with E-state index in [4.69, 9.17) is 0 Å². The lowest BCUT2D eigenvalue weighted by Crippen LogP contribution is -2.29. The zero-order valence-electron chi connectivity index (χ0n) is 11.0. The molecule has 0 radical (unpaired) electrons. The maximum atomic E-state index is 13.1. The average Bonchev–Trinajstić information content (AvgIpc) is 2.45. The first-order chi connectivity index (χ1) is 9.50. The maximum absolute atomic E-state index is 13.1. The van der Waals surface area contributed by atoms with Gasteiger partial charge in [0.05, 0.1) is 4.90 Å². The Hall–Kier alpha value is -1.79. The molecule has 0 saturated carbocycles. The maximum Gasteiger partial charge on any atom is 0.242 e. The van der Waals surface area contributed by atoms with Crippen molar-refractivity contribution in [2.75, 3.05) is 13.6 Å². The third-order valence-electron chi connectivity index (χ3n) is 2.91. The van der Waals surface area contributed by atoms with Crippen LogP contribution in [0.25, 0.3) is 0 Å². The second-order valence-corrected chi connectivity index (χ2v) is 6.40. The van der Waals surface area contributed by atoms with Gasteiger partial charge in [0.25, 0.3) is 0 Å². The third-order valence-corrected chi connectivity index (χ3v) is 4.77. The van der Waals surface area contributed by atoms with Crippen molar-refractivity contribution in [1.29, 1.82) is 0 Å². The third kappa shape index (κ3) is 3.40. The van der Waals surface area contributed by atoms with Crippen LogP contribution in [0.5, 0.6) is 0 Å². The Morgan fingerprint density at radius 1 is 1.20 bits per heavy atom. The molecule has 6 heteroatoms. The summed E-state index contributed by atoms with van der Waals surface area (Å²) in [6, 6.07) is 10.5. The number of hydrogen-bond donors (Lipinski definition) is 0. The summed E-state index contributed by atoms with van der Waals surface area (Å²) >= 11 is 0. The van der Waals surface area contributed by atoms with Gasteiger partial charge in [-0.15, -0.1) is 0 Å². The van der Waals surface area contributed by atoms with Crippen molar-refractivity contribution in [1.82, 2.24) is 9.29 Å². The van der Waals surface area contributed by atoms with Gasteiger partial charge in [-0.1, -0.05) is 12.1 Å². The Morgan fingerprint density at radius 2 is 2.00 bits per heavy atom. The number of likely N-dealkylation sites (N-methyl/N-ethyl adjacent to an activating group) is 1. The van der Waals surface area contributed by atoms with Crippen molar-refractivity contribution in [3.63, 3.8) is 0 Å². The molecule has 0 amide bonds. The minimum Gasteiger partial charge on any atom is -0.261 e. The molecule has 1 aromatic heterocycles. The van der Waals surface area contributed by atoms with E-state index in [1.54, 1.807) is 12.3 Å². The fourth-order valence-corrected chi connectivity index (χ4v) is 2.95. The van der Waals surface area contributed by atoms with Crippen LogP contribution in [0.2, 0.25) is 0 Å². The molecule has 1 heterocycles. The number of hydrogen-bond acceptors (Lipinski definition) is 3. The second kappa shape index (κ2) is 6.11. The van der Waals surface area contributed by atoms with Gasteiger partial charge in [-0.05, 0) is 30.3 Å². The van der Waals surface area contributed by atoms with Crippen LogP contribution in [-0.2, 0) is 16.4 Å². The summed E-state index contributed by atoms with van der Waals surface area (Å²) in [5, 5.41) is 0. The first kappa shape index (κ1) is 14.6. The molecule has 0 saturated heterocycles. The SMILES string of the molecule is CN(CCc1ccccn1)S(=O)(=O)c1cccc(F)c1. The normalized spacial score (nSPS) is 11.8. The van der Waals surface area contributed by atoms with E-state index in [-0.39, 0.29) is 11.4 Å². The minimum atomic E-state index is -3.67. The van der Waals surface area contributed by atoms with E-state index in [0.717, 1.165) is 11.8 Å². The van der Waals surface area contributed by atoms with Crippen LogP contribution in [0.15, 0.2) is 53.6 Å². The molecule has 0 bridgehead atoms. The summed E-state index contributed by atoms with van der Waals surface area (Å²) in [6.45, 7) is 0.288. The predicted molar refractivity (Wildman–Crippen MR) is 74.2 cm³/mol. The van der Waals surface area contributed by atoms with Crippen LogP contribution in [0.1, 0.15) is 5.69 Å². The van der Waals surface area contributed by atoms with E-state index in [0.29, 0.717) is 6.42 Å². The number of halogens is 1. The number of rotatable bonds is 5. The van der Waals surface area contributed by atoms with Gasteiger partial charge >= 0.3 is 0 Å². The van der Waals surface area contributed by atoms with Crippen LogP contribution in [0.3, 0.4) is 0 Å². The second-order valence-electron chi connectivity index (χ2n) is 4.36. The molecule has 1 aromatic carbocycles. The van der Waals surface area contributed by atoms with Gasteiger partial charge in [0.15, 0.2) is 0 Å². The number of aromatic nitrogens is 1. The lowest BCUT2D eigenvalue weighted by atomic mass is 10.3. The highest BCUT2D eigenvalue weighted by molar-refractivity contribution is 7.89. The summed E-state index contributed by atoms with van der Waals surface area (Å²) in [7, 11) is -2.19. The molecular formula is C14H15FN2O2S. The van der Waals surface area contributed by atoms with Gasteiger partial charge in [0.2, 0.25) is 10.0 Å². The van der Waals surface area contributed by atoms with Gasteiger partial charge in [0, 0.05) is 31.9 Å². The Bertz CT molecular complexity index is 675. The monoisotopic (exact) mass is 294 g/mol. The van der Waals surface area contributed by atoms with Crippen LogP contribution in [0, 0.1) is 5.82 Å². The van der Waals surface area contributed by atoms with Gasteiger partial charge in [0.1, 0.15) is 5.82 Å². The molecule has 2 rings (SSSR count). The molecule has 0 spiro atoms. The molecule has 0 atom stereocenters. The smallest absolute Gasteiger partial charge is 0.242 e. The predicted octanol–water partition coefficient (Wildman–Crippen LogP) is 2.08. The highest BCUT2D eigenvalue weighted by Gasteiger charge is 2.20. The number of sulfonamides is 1. The van der Waals surface area contributed by atoms with Crippen molar-refractivity contribution < 1.29 is 12.8 Å². The topological polar surface area (TPSA) is 50.3 Å². The molecule has 0 N–H and O–H groups in total. The van der Waals surface area contributed by atoms with Gasteiger partial charge < -0.3 is 0 Å². The molecule has 0 unspecified atom stereocenters. The Morgan fingerprint density at radius 3 is 2.65 bits per heavy atom. The van der Waals surface area contributed by atoms with Crippen molar-refractivity contribution in [3.8, 4) is 0 Å². The zero-order chi connectivity index (χ0) is 14.6. The van der Waals surface area contributed by atoms with E-state index in [1.165, 1.54) is 29.6 Å². The van der Waals surface area contributed by atoms with E-state index < -0.39 is 15.8 Å².